The van der Waals surface area contributed by atoms with Gasteiger partial charge in [0.1, 0.15) is 0 Å². The molecular weight excluding hydrogens is 424 g/mol. The van der Waals surface area contributed by atoms with E-state index in [4.69, 9.17) is 5.21 Å². The summed E-state index contributed by atoms with van der Waals surface area (Å²) < 4.78 is 0. The minimum absolute atomic E-state index is 0.109. The Labute approximate surface area is 190 Å². The lowest BCUT2D eigenvalue weighted by atomic mass is 10.1. The van der Waals surface area contributed by atoms with E-state index in [0.717, 1.165) is 16.0 Å². The Hall–Kier alpha value is -3.42. The van der Waals surface area contributed by atoms with Gasteiger partial charge < -0.3 is 0 Å². The molecule has 1 heterocycles. The largest absolute Gasteiger partial charge is 0.289 e. The zero-order valence-electron chi connectivity index (χ0n) is 17.2. The zero-order chi connectivity index (χ0) is 22.5. The van der Waals surface area contributed by atoms with Crippen LogP contribution < -0.4 is 5.48 Å². The summed E-state index contributed by atoms with van der Waals surface area (Å²) in [6, 6.07) is 24.8. The van der Waals surface area contributed by atoms with Gasteiger partial charge in [0.25, 0.3) is 11.8 Å². The molecule has 162 valence electrons. The van der Waals surface area contributed by atoms with Gasteiger partial charge in [-0.15, -0.1) is 11.8 Å². The fourth-order valence-corrected chi connectivity index (χ4v) is 4.72. The molecule has 0 aromatic heterocycles. The van der Waals surface area contributed by atoms with Crippen LogP contribution in [-0.4, -0.2) is 40.1 Å². The molecule has 0 aliphatic carbocycles. The number of rotatable bonds is 8. The Balaban J connectivity index is 1.38. The first-order valence-corrected chi connectivity index (χ1v) is 11.2. The maximum Gasteiger partial charge on any atom is 0.261 e. The van der Waals surface area contributed by atoms with E-state index in [-0.39, 0.29) is 24.8 Å². The number of imide groups is 1. The minimum Gasteiger partial charge on any atom is -0.289 e. The van der Waals surface area contributed by atoms with Crippen molar-refractivity contribution in [3.8, 4) is 11.1 Å². The highest BCUT2D eigenvalue weighted by atomic mass is 32.2. The summed E-state index contributed by atoms with van der Waals surface area (Å²) in [5.74, 6) is -1.39. The lowest BCUT2D eigenvalue weighted by molar-refractivity contribution is -0.132. The average molecular weight is 447 g/mol. The van der Waals surface area contributed by atoms with E-state index in [1.165, 1.54) is 16.7 Å². The molecule has 7 heteroatoms. The number of hydroxylamine groups is 1. The maximum absolute atomic E-state index is 12.5. The van der Waals surface area contributed by atoms with E-state index in [2.05, 4.69) is 0 Å². The highest BCUT2D eigenvalue weighted by Gasteiger charge is 2.35. The van der Waals surface area contributed by atoms with Gasteiger partial charge in [0.2, 0.25) is 5.91 Å². The van der Waals surface area contributed by atoms with Crippen molar-refractivity contribution in [3.05, 3.63) is 90.0 Å². The van der Waals surface area contributed by atoms with Crippen molar-refractivity contribution in [2.45, 2.75) is 11.3 Å². The number of nitrogens with one attached hydrogen (secondary N) is 1. The van der Waals surface area contributed by atoms with Gasteiger partial charge in [0, 0.05) is 17.2 Å². The van der Waals surface area contributed by atoms with Crippen molar-refractivity contribution in [3.63, 3.8) is 0 Å². The summed E-state index contributed by atoms with van der Waals surface area (Å²) in [6.45, 7) is 0.109. The number of fused-ring (bicyclic) bond motifs is 1. The number of amides is 3. The van der Waals surface area contributed by atoms with Crippen molar-refractivity contribution in [1.29, 1.82) is 0 Å². The second kappa shape index (κ2) is 9.80. The van der Waals surface area contributed by atoms with Crippen molar-refractivity contribution in [1.82, 2.24) is 10.4 Å². The first-order valence-electron chi connectivity index (χ1n) is 10.3. The van der Waals surface area contributed by atoms with Crippen LogP contribution in [0.1, 0.15) is 27.1 Å². The number of carbonyl (C=O) groups excluding carboxylic acids is 3. The number of hydrogen-bond acceptors (Lipinski definition) is 5. The molecule has 3 aromatic carbocycles. The van der Waals surface area contributed by atoms with Crippen molar-refractivity contribution in [2.75, 3.05) is 12.3 Å². The van der Waals surface area contributed by atoms with E-state index in [0.29, 0.717) is 16.9 Å². The van der Waals surface area contributed by atoms with Gasteiger partial charge in [-0.2, -0.15) is 0 Å². The Morgan fingerprint density at radius 2 is 1.41 bits per heavy atom. The van der Waals surface area contributed by atoms with Crippen LogP contribution in [0, 0.1) is 5.92 Å². The normalized spacial score (nSPS) is 13.7. The molecule has 1 aliphatic heterocycles. The highest BCUT2D eigenvalue weighted by molar-refractivity contribution is 7.99. The van der Waals surface area contributed by atoms with Crippen LogP contribution in [0.2, 0.25) is 0 Å². The lowest BCUT2D eigenvalue weighted by Crippen LogP contribution is -2.36. The molecule has 1 aliphatic rings. The highest BCUT2D eigenvalue weighted by Crippen LogP contribution is 2.28. The number of hydrogen-bond donors (Lipinski definition) is 2. The summed E-state index contributed by atoms with van der Waals surface area (Å²) in [5, 5.41) is 9.15. The Kier molecular flexibility index (Phi) is 6.68. The van der Waals surface area contributed by atoms with Crippen molar-refractivity contribution in [2.24, 2.45) is 5.92 Å². The molecule has 1 atom stereocenters. The smallest absolute Gasteiger partial charge is 0.261 e. The molecular formula is C25H22N2O4S. The van der Waals surface area contributed by atoms with Crippen LogP contribution in [0.4, 0.5) is 0 Å². The molecule has 32 heavy (non-hydrogen) atoms. The fraction of sp³-hybridized carbons (Fsp3) is 0.160. The molecule has 0 bridgehead atoms. The van der Waals surface area contributed by atoms with E-state index in [1.54, 1.807) is 29.7 Å². The number of benzene rings is 3. The van der Waals surface area contributed by atoms with Gasteiger partial charge in [-0.25, -0.2) is 5.48 Å². The quantitative estimate of drug-likeness (QED) is 0.234. The fourth-order valence-electron chi connectivity index (χ4n) is 3.68. The van der Waals surface area contributed by atoms with Gasteiger partial charge in [-0.1, -0.05) is 54.6 Å². The maximum atomic E-state index is 12.5. The number of thioether (sulfide) groups is 1. The number of carbonyl (C=O) groups is 3. The topological polar surface area (TPSA) is 86.7 Å². The third-order valence-corrected chi connectivity index (χ3v) is 6.65. The zero-order valence-corrected chi connectivity index (χ0v) is 18.0. The molecule has 0 saturated carbocycles. The molecule has 3 aromatic rings. The van der Waals surface area contributed by atoms with Crippen LogP contribution >= 0.6 is 11.8 Å². The lowest BCUT2D eigenvalue weighted by Gasteiger charge is -2.19. The van der Waals surface area contributed by atoms with E-state index in [9.17, 15) is 14.4 Å². The van der Waals surface area contributed by atoms with Crippen molar-refractivity contribution < 1.29 is 19.6 Å². The summed E-state index contributed by atoms with van der Waals surface area (Å²) >= 11 is 1.49. The Morgan fingerprint density at radius 1 is 0.844 bits per heavy atom. The molecule has 0 radical (unpaired) electrons. The summed E-state index contributed by atoms with van der Waals surface area (Å²) in [4.78, 5) is 39.4. The number of nitrogens with zero attached hydrogens (tertiary/aromatic N) is 1. The second-order valence-electron chi connectivity index (χ2n) is 7.47. The SMILES string of the molecule is O=C(NO)C(CCN1C(=O)c2ccccc2C1=O)CSc1ccc(-c2ccccc2)cc1. The molecule has 0 saturated heterocycles. The molecule has 2 N–H and O–H groups in total. The predicted molar refractivity (Wildman–Crippen MR) is 122 cm³/mol. The first kappa shape index (κ1) is 21.8. The van der Waals surface area contributed by atoms with Crippen LogP contribution in [0.3, 0.4) is 0 Å². The van der Waals surface area contributed by atoms with E-state index < -0.39 is 11.8 Å². The summed E-state index contributed by atoms with van der Waals surface area (Å²) in [5.41, 5.74) is 4.70. The third-order valence-electron chi connectivity index (χ3n) is 5.47. The third kappa shape index (κ3) is 4.59. The average Bonchev–Trinajstić information content (AvgIpc) is 3.09. The standard InChI is InChI=1S/C25H22N2O4S/c28-23(26-31)19(14-15-27-24(29)21-8-4-5-9-22(21)25(27)30)16-32-20-12-10-18(11-13-20)17-6-2-1-3-7-17/h1-13,19,31H,14-16H2,(H,26,28). The second-order valence-corrected chi connectivity index (χ2v) is 8.56. The molecule has 4 rings (SSSR count). The predicted octanol–water partition coefficient (Wildman–Crippen LogP) is 4.25. The summed E-state index contributed by atoms with van der Waals surface area (Å²) in [6.07, 6.45) is 0.257. The molecule has 0 fully saturated rings. The van der Waals surface area contributed by atoms with Crippen molar-refractivity contribution >= 4 is 29.5 Å². The Morgan fingerprint density at radius 3 is 2.00 bits per heavy atom. The van der Waals surface area contributed by atoms with Gasteiger partial charge in [-0.3, -0.25) is 24.5 Å². The van der Waals surface area contributed by atoms with Crippen LogP contribution in [-0.2, 0) is 4.79 Å². The van der Waals surface area contributed by atoms with E-state index >= 15 is 0 Å². The van der Waals surface area contributed by atoms with Crippen LogP contribution in [0.25, 0.3) is 11.1 Å². The summed E-state index contributed by atoms with van der Waals surface area (Å²) in [7, 11) is 0. The van der Waals surface area contributed by atoms with Gasteiger partial charge in [-0.05, 0) is 41.8 Å². The van der Waals surface area contributed by atoms with Gasteiger partial charge in [0.15, 0.2) is 0 Å². The molecule has 1 unspecified atom stereocenters. The molecule has 0 spiro atoms. The Bertz CT molecular complexity index is 1100. The van der Waals surface area contributed by atoms with Crippen LogP contribution in [0.5, 0.6) is 0 Å². The first-order chi connectivity index (χ1) is 15.6. The minimum atomic E-state index is -0.567. The molecule has 3 amide bonds. The van der Waals surface area contributed by atoms with Gasteiger partial charge in [0.05, 0.1) is 17.0 Å². The van der Waals surface area contributed by atoms with E-state index in [1.807, 2.05) is 54.6 Å². The molecule has 6 nitrogen and oxygen atoms in total. The van der Waals surface area contributed by atoms with Crippen LogP contribution in [0.15, 0.2) is 83.8 Å². The monoisotopic (exact) mass is 446 g/mol. The van der Waals surface area contributed by atoms with Gasteiger partial charge >= 0.3 is 0 Å².